The summed E-state index contributed by atoms with van der Waals surface area (Å²) in [4.78, 5) is 7.11. The zero-order valence-corrected chi connectivity index (χ0v) is 6.27. The molecule has 0 amide bonds. The topological polar surface area (TPSA) is 25.8 Å². The molecule has 0 fully saturated rings. The Morgan fingerprint density at radius 1 is 1.00 bits per heavy atom. The SMILES string of the molecule is Cc1nc(F)nc(C)c1C. The van der Waals surface area contributed by atoms with E-state index in [1.165, 1.54) is 0 Å². The number of nitrogens with zero attached hydrogens (tertiary/aromatic N) is 2. The van der Waals surface area contributed by atoms with Crippen molar-refractivity contribution in [2.45, 2.75) is 20.8 Å². The van der Waals surface area contributed by atoms with Gasteiger partial charge in [0.2, 0.25) is 0 Å². The van der Waals surface area contributed by atoms with Gasteiger partial charge in [-0.15, -0.1) is 0 Å². The van der Waals surface area contributed by atoms with Gasteiger partial charge in [-0.1, -0.05) is 0 Å². The van der Waals surface area contributed by atoms with E-state index >= 15 is 0 Å². The molecule has 1 heterocycles. The molecule has 10 heavy (non-hydrogen) atoms. The molecule has 0 spiro atoms. The van der Waals surface area contributed by atoms with Crippen molar-refractivity contribution >= 4 is 0 Å². The first-order valence-corrected chi connectivity index (χ1v) is 3.08. The van der Waals surface area contributed by atoms with Crippen LogP contribution < -0.4 is 0 Å². The molecule has 0 unspecified atom stereocenters. The molecule has 0 saturated heterocycles. The highest BCUT2D eigenvalue weighted by Crippen LogP contribution is 2.06. The van der Waals surface area contributed by atoms with E-state index in [9.17, 15) is 4.39 Å². The van der Waals surface area contributed by atoms with Gasteiger partial charge < -0.3 is 0 Å². The Bertz CT molecular complexity index is 235. The van der Waals surface area contributed by atoms with Crippen LogP contribution in [0.1, 0.15) is 17.0 Å². The Kier molecular flexibility index (Phi) is 1.66. The Hall–Kier alpha value is -0.990. The van der Waals surface area contributed by atoms with Gasteiger partial charge in [-0.05, 0) is 26.3 Å². The van der Waals surface area contributed by atoms with Gasteiger partial charge in [0.05, 0.1) is 0 Å². The van der Waals surface area contributed by atoms with E-state index in [4.69, 9.17) is 0 Å². The first kappa shape index (κ1) is 7.12. The minimum atomic E-state index is -0.638. The van der Waals surface area contributed by atoms with Gasteiger partial charge in [0.15, 0.2) is 0 Å². The summed E-state index contributed by atoms with van der Waals surface area (Å²) < 4.78 is 12.4. The van der Waals surface area contributed by atoms with Crippen molar-refractivity contribution in [3.05, 3.63) is 23.0 Å². The number of halogens is 1. The van der Waals surface area contributed by atoms with Crippen LogP contribution in [0.15, 0.2) is 0 Å². The first-order chi connectivity index (χ1) is 4.61. The summed E-state index contributed by atoms with van der Waals surface area (Å²) in [5.41, 5.74) is 2.39. The lowest BCUT2D eigenvalue weighted by Crippen LogP contribution is -1.98. The Labute approximate surface area is 59.1 Å². The minimum Gasteiger partial charge on any atom is -0.207 e. The zero-order chi connectivity index (χ0) is 7.72. The molecule has 1 rings (SSSR count). The van der Waals surface area contributed by atoms with Crippen LogP contribution in [0.5, 0.6) is 0 Å². The van der Waals surface area contributed by atoms with Gasteiger partial charge in [-0.3, -0.25) is 0 Å². The second-order valence-electron chi connectivity index (χ2n) is 2.29. The van der Waals surface area contributed by atoms with Crippen LogP contribution in [0.3, 0.4) is 0 Å². The Morgan fingerprint density at radius 2 is 1.40 bits per heavy atom. The van der Waals surface area contributed by atoms with Crippen molar-refractivity contribution in [3.8, 4) is 0 Å². The summed E-state index contributed by atoms with van der Waals surface area (Å²) in [6.07, 6.45) is -0.638. The summed E-state index contributed by atoms with van der Waals surface area (Å²) in [5.74, 6) is 0. The molecule has 0 aromatic carbocycles. The van der Waals surface area contributed by atoms with Gasteiger partial charge in [-0.2, -0.15) is 4.39 Å². The molecule has 0 N–H and O–H groups in total. The van der Waals surface area contributed by atoms with Crippen LogP contribution in [0.4, 0.5) is 4.39 Å². The smallest absolute Gasteiger partial charge is 0.207 e. The maximum Gasteiger partial charge on any atom is 0.309 e. The highest BCUT2D eigenvalue weighted by Gasteiger charge is 2.01. The fourth-order valence-electron chi connectivity index (χ4n) is 0.731. The van der Waals surface area contributed by atoms with Gasteiger partial charge in [0.1, 0.15) is 0 Å². The quantitative estimate of drug-likeness (QED) is 0.511. The minimum absolute atomic E-state index is 0.638. The molecule has 0 saturated carbocycles. The predicted molar refractivity (Wildman–Crippen MR) is 36.2 cm³/mol. The summed E-state index contributed by atoms with van der Waals surface area (Å²) in [5, 5.41) is 0. The molecule has 3 heteroatoms. The van der Waals surface area contributed by atoms with Crippen LogP contribution >= 0.6 is 0 Å². The highest BCUT2D eigenvalue weighted by atomic mass is 19.1. The fraction of sp³-hybridized carbons (Fsp3) is 0.429. The molecule has 0 radical (unpaired) electrons. The highest BCUT2D eigenvalue weighted by molar-refractivity contribution is 5.20. The van der Waals surface area contributed by atoms with Crippen LogP contribution in [-0.2, 0) is 0 Å². The molecule has 0 bridgehead atoms. The lowest BCUT2D eigenvalue weighted by atomic mass is 10.2. The zero-order valence-electron chi connectivity index (χ0n) is 6.27. The van der Waals surface area contributed by atoms with Crippen molar-refractivity contribution in [3.63, 3.8) is 0 Å². The number of aromatic nitrogens is 2. The molecule has 0 atom stereocenters. The number of hydrogen-bond acceptors (Lipinski definition) is 2. The first-order valence-electron chi connectivity index (χ1n) is 3.08. The summed E-state index contributed by atoms with van der Waals surface area (Å²) in [6, 6.07) is 0. The largest absolute Gasteiger partial charge is 0.309 e. The Morgan fingerprint density at radius 3 is 1.80 bits per heavy atom. The molecule has 1 aromatic heterocycles. The molecular formula is C7H9FN2. The lowest BCUT2D eigenvalue weighted by Gasteiger charge is -2.00. The van der Waals surface area contributed by atoms with Gasteiger partial charge in [0.25, 0.3) is 0 Å². The third-order valence-corrected chi connectivity index (χ3v) is 1.61. The molecule has 0 aliphatic heterocycles. The monoisotopic (exact) mass is 140 g/mol. The van der Waals surface area contributed by atoms with E-state index < -0.39 is 6.08 Å². The standard InChI is InChI=1S/C7H9FN2/c1-4-5(2)9-7(8)10-6(4)3/h1-3H3. The molecule has 0 aliphatic carbocycles. The second-order valence-corrected chi connectivity index (χ2v) is 2.29. The van der Waals surface area contributed by atoms with E-state index in [1.54, 1.807) is 13.8 Å². The van der Waals surface area contributed by atoms with Crippen molar-refractivity contribution in [1.29, 1.82) is 0 Å². The lowest BCUT2D eigenvalue weighted by molar-refractivity contribution is 0.529. The number of rotatable bonds is 0. The summed E-state index contributed by atoms with van der Waals surface area (Å²) in [6.45, 7) is 5.42. The molecule has 1 aromatic rings. The third-order valence-electron chi connectivity index (χ3n) is 1.61. The third kappa shape index (κ3) is 1.12. The van der Waals surface area contributed by atoms with Crippen molar-refractivity contribution in [2.75, 3.05) is 0 Å². The number of hydrogen-bond donors (Lipinski definition) is 0. The summed E-state index contributed by atoms with van der Waals surface area (Å²) in [7, 11) is 0. The predicted octanol–water partition coefficient (Wildman–Crippen LogP) is 1.54. The van der Waals surface area contributed by atoms with Crippen molar-refractivity contribution in [1.82, 2.24) is 9.97 Å². The van der Waals surface area contributed by atoms with E-state index in [2.05, 4.69) is 9.97 Å². The normalized spacial score (nSPS) is 10.0. The van der Waals surface area contributed by atoms with Crippen molar-refractivity contribution in [2.24, 2.45) is 0 Å². The average Bonchev–Trinajstić information content (AvgIpc) is 1.82. The van der Waals surface area contributed by atoms with Gasteiger partial charge >= 0.3 is 6.08 Å². The van der Waals surface area contributed by atoms with E-state index in [1.807, 2.05) is 6.92 Å². The van der Waals surface area contributed by atoms with Gasteiger partial charge in [0, 0.05) is 11.4 Å². The molecule has 2 nitrogen and oxygen atoms in total. The van der Waals surface area contributed by atoms with Crippen LogP contribution in [0.2, 0.25) is 0 Å². The Balaban J connectivity index is 3.31. The fourth-order valence-corrected chi connectivity index (χ4v) is 0.731. The van der Waals surface area contributed by atoms with Crippen LogP contribution in [-0.4, -0.2) is 9.97 Å². The van der Waals surface area contributed by atoms with Crippen LogP contribution in [0, 0.1) is 26.8 Å². The maximum absolute atomic E-state index is 12.4. The average molecular weight is 140 g/mol. The second kappa shape index (κ2) is 2.33. The van der Waals surface area contributed by atoms with Crippen LogP contribution in [0.25, 0.3) is 0 Å². The number of aryl methyl sites for hydroxylation is 2. The molecular weight excluding hydrogens is 131 g/mol. The summed E-state index contributed by atoms with van der Waals surface area (Å²) >= 11 is 0. The molecule has 54 valence electrons. The van der Waals surface area contributed by atoms with Crippen molar-refractivity contribution < 1.29 is 4.39 Å². The maximum atomic E-state index is 12.4. The molecule has 0 aliphatic rings. The van der Waals surface area contributed by atoms with E-state index in [-0.39, 0.29) is 0 Å². The van der Waals surface area contributed by atoms with E-state index in [0.29, 0.717) is 11.4 Å². The van der Waals surface area contributed by atoms with E-state index in [0.717, 1.165) is 5.56 Å². The van der Waals surface area contributed by atoms with Gasteiger partial charge in [-0.25, -0.2) is 9.97 Å².